The largest absolute Gasteiger partial charge is 0.397 e. The second-order valence-electron chi connectivity index (χ2n) is 5.42. The van der Waals surface area contributed by atoms with Gasteiger partial charge >= 0.3 is 0 Å². The standard InChI is InChI=1S/C15H24N2/c1-11-8-9-15(14(16)10-11)17-12(2)13-6-4-3-5-7-13/h8-10,12-13,17H,3-7,16H2,1-2H3. The fraction of sp³-hybridized carbons (Fsp3) is 0.600. The van der Waals surface area contributed by atoms with Gasteiger partial charge in [-0.1, -0.05) is 25.3 Å². The van der Waals surface area contributed by atoms with Gasteiger partial charge in [0.15, 0.2) is 0 Å². The van der Waals surface area contributed by atoms with E-state index in [4.69, 9.17) is 5.73 Å². The Morgan fingerprint density at radius 3 is 2.59 bits per heavy atom. The molecule has 3 N–H and O–H groups in total. The van der Waals surface area contributed by atoms with Crippen molar-refractivity contribution in [2.24, 2.45) is 5.92 Å². The summed E-state index contributed by atoms with van der Waals surface area (Å²) in [5, 5.41) is 3.58. The quantitative estimate of drug-likeness (QED) is 0.774. The first kappa shape index (κ1) is 12.3. The molecule has 0 aromatic heterocycles. The summed E-state index contributed by atoms with van der Waals surface area (Å²) in [4.78, 5) is 0. The normalized spacial score (nSPS) is 18.9. The molecular formula is C15H24N2. The second-order valence-corrected chi connectivity index (χ2v) is 5.42. The van der Waals surface area contributed by atoms with Gasteiger partial charge in [0.05, 0.1) is 11.4 Å². The van der Waals surface area contributed by atoms with Gasteiger partial charge in [-0.25, -0.2) is 0 Å². The molecular weight excluding hydrogens is 208 g/mol. The van der Waals surface area contributed by atoms with Crippen LogP contribution in [-0.4, -0.2) is 6.04 Å². The monoisotopic (exact) mass is 232 g/mol. The number of anilines is 2. The summed E-state index contributed by atoms with van der Waals surface area (Å²) in [5.74, 6) is 0.810. The van der Waals surface area contributed by atoms with Crippen LogP contribution in [0.1, 0.15) is 44.6 Å². The molecule has 1 aromatic rings. The first-order valence-electron chi connectivity index (χ1n) is 6.79. The van der Waals surface area contributed by atoms with E-state index in [-0.39, 0.29) is 0 Å². The van der Waals surface area contributed by atoms with Crippen molar-refractivity contribution in [3.05, 3.63) is 23.8 Å². The van der Waals surface area contributed by atoms with Gasteiger partial charge in [-0.05, 0) is 50.3 Å². The van der Waals surface area contributed by atoms with Crippen molar-refractivity contribution in [3.63, 3.8) is 0 Å². The zero-order chi connectivity index (χ0) is 12.3. The Morgan fingerprint density at radius 1 is 1.24 bits per heavy atom. The lowest BCUT2D eigenvalue weighted by molar-refractivity contribution is 0.328. The van der Waals surface area contributed by atoms with E-state index in [9.17, 15) is 0 Å². The number of nitrogens with two attached hydrogens (primary N) is 1. The first-order chi connectivity index (χ1) is 8.16. The van der Waals surface area contributed by atoms with Crippen molar-refractivity contribution < 1.29 is 0 Å². The minimum absolute atomic E-state index is 0.528. The van der Waals surface area contributed by atoms with E-state index in [1.54, 1.807) is 0 Å². The number of nitrogens with one attached hydrogen (secondary N) is 1. The van der Waals surface area contributed by atoms with Crippen LogP contribution in [0.4, 0.5) is 11.4 Å². The van der Waals surface area contributed by atoms with Crippen LogP contribution in [0.5, 0.6) is 0 Å². The number of hydrogen-bond donors (Lipinski definition) is 2. The van der Waals surface area contributed by atoms with Crippen molar-refractivity contribution >= 4 is 11.4 Å². The molecule has 1 aromatic carbocycles. The Morgan fingerprint density at radius 2 is 1.94 bits per heavy atom. The maximum absolute atomic E-state index is 6.04. The highest BCUT2D eigenvalue weighted by Gasteiger charge is 2.20. The SMILES string of the molecule is Cc1ccc(NC(C)C2CCCCC2)c(N)c1. The second kappa shape index (κ2) is 5.44. The van der Waals surface area contributed by atoms with Gasteiger partial charge in [-0.3, -0.25) is 0 Å². The highest BCUT2D eigenvalue weighted by molar-refractivity contribution is 5.67. The molecule has 2 rings (SSSR count). The summed E-state index contributed by atoms with van der Waals surface area (Å²) in [7, 11) is 0. The highest BCUT2D eigenvalue weighted by atomic mass is 14.9. The van der Waals surface area contributed by atoms with Crippen LogP contribution in [0.15, 0.2) is 18.2 Å². The van der Waals surface area contributed by atoms with Crippen LogP contribution in [0.2, 0.25) is 0 Å². The number of rotatable bonds is 3. The average molecular weight is 232 g/mol. The number of nitrogen functional groups attached to an aromatic ring is 1. The molecule has 0 saturated heterocycles. The molecule has 1 aliphatic rings. The zero-order valence-electron chi connectivity index (χ0n) is 11.0. The molecule has 1 aliphatic carbocycles. The van der Waals surface area contributed by atoms with E-state index < -0.39 is 0 Å². The Bertz CT molecular complexity index is 367. The smallest absolute Gasteiger partial charge is 0.0576 e. The van der Waals surface area contributed by atoms with Gasteiger partial charge in [0.2, 0.25) is 0 Å². The molecule has 0 radical (unpaired) electrons. The third-order valence-corrected chi connectivity index (χ3v) is 3.95. The zero-order valence-corrected chi connectivity index (χ0v) is 11.0. The molecule has 1 saturated carbocycles. The molecule has 1 atom stereocenters. The predicted molar refractivity (Wildman–Crippen MR) is 75.3 cm³/mol. The van der Waals surface area contributed by atoms with Gasteiger partial charge < -0.3 is 11.1 Å². The molecule has 0 amide bonds. The van der Waals surface area contributed by atoms with E-state index in [2.05, 4.69) is 31.3 Å². The van der Waals surface area contributed by atoms with Crippen molar-refractivity contribution in [2.45, 2.75) is 52.0 Å². The Kier molecular flexibility index (Phi) is 3.93. The summed E-state index contributed by atoms with van der Waals surface area (Å²) in [6.07, 6.45) is 6.91. The molecule has 1 unspecified atom stereocenters. The van der Waals surface area contributed by atoms with Gasteiger partial charge in [-0.15, -0.1) is 0 Å². The van der Waals surface area contributed by atoms with E-state index in [0.717, 1.165) is 17.3 Å². The molecule has 0 aliphatic heterocycles. The summed E-state index contributed by atoms with van der Waals surface area (Å²) >= 11 is 0. The summed E-state index contributed by atoms with van der Waals surface area (Å²) in [5.41, 5.74) is 9.22. The van der Waals surface area contributed by atoms with Crippen molar-refractivity contribution in [3.8, 4) is 0 Å². The van der Waals surface area contributed by atoms with Gasteiger partial charge in [0.25, 0.3) is 0 Å². The maximum atomic E-state index is 6.04. The minimum Gasteiger partial charge on any atom is -0.397 e. The van der Waals surface area contributed by atoms with Crippen LogP contribution in [0, 0.1) is 12.8 Å². The molecule has 2 nitrogen and oxygen atoms in total. The van der Waals surface area contributed by atoms with Gasteiger partial charge in [0, 0.05) is 6.04 Å². The Hall–Kier alpha value is -1.18. The Labute approximate surface area is 105 Å². The van der Waals surface area contributed by atoms with E-state index >= 15 is 0 Å². The summed E-state index contributed by atoms with van der Waals surface area (Å²) in [6, 6.07) is 6.78. The predicted octanol–water partition coefficient (Wildman–Crippen LogP) is 3.96. The molecule has 0 heterocycles. The van der Waals surface area contributed by atoms with Crippen LogP contribution in [0.3, 0.4) is 0 Å². The molecule has 1 fully saturated rings. The third kappa shape index (κ3) is 3.15. The lowest BCUT2D eigenvalue weighted by Gasteiger charge is -2.29. The minimum atomic E-state index is 0.528. The van der Waals surface area contributed by atoms with Crippen molar-refractivity contribution in [2.75, 3.05) is 11.1 Å². The third-order valence-electron chi connectivity index (χ3n) is 3.95. The van der Waals surface area contributed by atoms with Crippen LogP contribution < -0.4 is 11.1 Å². The molecule has 0 bridgehead atoms. The van der Waals surface area contributed by atoms with Crippen LogP contribution in [0.25, 0.3) is 0 Å². The maximum Gasteiger partial charge on any atom is 0.0576 e. The average Bonchev–Trinajstić information content (AvgIpc) is 2.34. The lowest BCUT2D eigenvalue weighted by atomic mass is 9.84. The van der Waals surface area contributed by atoms with Gasteiger partial charge in [-0.2, -0.15) is 0 Å². The first-order valence-corrected chi connectivity index (χ1v) is 6.79. The Balaban J connectivity index is 1.99. The molecule has 2 heteroatoms. The molecule has 94 valence electrons. The van der Waals surface area contributed by atoms with E-state index in [1.165, 1.54) is 37.7 Å². The van der Waals surface area contributed by atoms with Crippen LogP contribution >= 0.6 is 0 Å². The topological polar surface area (TPSA) is 38.0 Å². The number of aryl methyl sites for hydroxylation is 1. The fourth-order valence-corrected chi connectivity index (χ4v) is 2.81. The van der Waals surface area contributed by atoms with E-state index in [1.807, 2.05) is 6.07 Å². The highest BCUT2D eigenvalue weighted by Crippen LogP contribution is 2.29. The summed E-state index contributed by atoms with van der Waals surface area (Å²) in [6.45, 7) is 4.36. The molecule has 0 spiro atoms. The van der Waals surface area contributed by atoms with Crippen molar-refractivity contribution in [1.82, 2.24) is 0 Å². The van der Waals surface area contributed by atoms with E-state index in [0.29, 0.717) is 6.04 Å². The number of benzene rings is 1. The van der Waals surface area contributed by atoms with Crippen LogP contribution in [-0.2, 0) is 0 Å². The molecule has 17 heavy (non-hydrogen) atoms. The summed E-state index contributed by atoms with van der Waals surface area (Å²) < 4.78 is 0. The number of hydrogen-bond acceptors (Lipinski definition) is 2. The fourth-order valence-electron chi connectivity index (χ4n) is 2.81. The van der Waals surface area contributed by atoms with Gasteiger partial charge in [0.1, 0.15) is 0 Å². The van der Waals surface area contributed by atoms with Crippen molar-refractivity contribution in [1.29, 1.82) is 0 Å². The lowest BCUT2D eigenvalue weighted by Crippen LogP contribution is -2.28.